The first-order valence-electron chi connectivity index (χ1n) is 5.06. The molecule has 1 aromatic rings. The van der Waals surface area contributed by atoms with Gasteiger partial charge in [-0.1, -0.05) is 6.07 Å². The number of aliphatic carboxylic acids is 1. The topological polar surface area (TPSA) is 70.5 Å². The summed E-state index contributed by atoms with van der Waals surface area (Å²) in [6, 6.07) is 3.67. The molecule has 2 rings (SSSR count). The molecule has 5 nitrogen and oxygen atoms in total. The minimum Gasteiger partial charge on any atom is -0.481 e. The average molecular weight is 220 g/mol. The van der Waals surface area contributed by atoms with E-state index in [0.29, 0.717) is 13.1 Å². The SMILES string of the molecule is O=C(O)[C@H]1CC(=O)N(Cc2cccnc2)C1. The summed E-state index contributed by atoms with van der Waals surface area (Å²) in [5.74, 6) is -1.57. The van der Waals surface area contributed by atoms with Crippen LogP contribution in [0.25, 0.3) is 0 Å². The third-order valence-corrected chi connectivity index (χ3v) is 2.66. The molecule has 1 aliphatic heterocycles. The van der Waals surface area contributed by atoms with Gasteiger partial charge in [-0.3, -0.25) is 14.6 Å². The molecule has 5 heteroatoms. The maximum Gasteiger partial charge on any atom is 0.308 e. The Morgan fingerprint density at radius 1 is 1.62 bits per heavy atom. The number of pyridine rings is 1. The summed E-state index contributed by atoms with van der Waals surface area (Å²) < 4.78 is 0. The lowest BCUT2D eigenvalue weighted by molar-refractivity contribution is -0.141. The largest absolute Gasteiger partial charge is 0.481 e. The molecule has 0 bridgehead atoms. The number of nitrogens with zero attached hydrogens (tertiary/aromatic N) is 2. The van der Waals surface area contributed by atoms with E-state index in [4.69, 9.17) is 5.11 Å². The average Bonchev–Trinajstić information content (AvgIpc) is 2.62. The summed E-state index contributed by atoms with van der Waals surface area (Å²) in [7, 11) is 0. The Labute approximate surface area is 92.7 Å². The molecule has 1 saturated heterocycles. The normalized spacial score (nSPS) is 20.1. The highest BCUT2D eigenvalue weighted by Crippen LogP contribution is 2.19. The van der Waals surface area contributed by atoms with Gasteiger partial charge >= 0.3 is 5.97 Å². The molecule has 16 heavy (non-hydrogen) atoms. The smallest absolute Gasteiger partial charge is 0.308 e. The van der Waals surface area contributed by atoms with Gasteiger partial charge in [0, 0.05) is 31.9 Å². The zero-order valence-corrected chi connectivity index (χ0v) is 8.67. The van der Waals surface area contributed by atoms with Crippen molar-refractivity contribution in [3.8, 4) is 0 Å². The van der Waals surface area contributed by atoms with E-state index < -0.39 is 11.9 Å². The van der Waals surface area contributed by atoms with Gasteiger partial charge in [-0.05, 0) is 11.6 Å². The summed E-state index contributed by atoms with van der Waals surface area (Å²) >= 11 is 0. The maximum atomic E-state index is 11.5. The van der Waals surface area contributed by atoms with Crippen LogP contribution in [0.5, 0.6) is 0 Å². The van der Waals surface area contributed by atoms with Gasteiger partial charge in [0.25, 0.3) is 0 Å². The van der Waals surface area contributed by atoms with E-state index in [1.165, 1.54) is 0 Å². The summed E-state index contributed by atoms with van der Waals surface area (Å²) in [5, 5.41) is 8.82. The standard InChI is InChI=1S/C11H12N2O3/c14-10-4-9(11(15)16)7-13(10)6-8-2-1-3-12-5-8/h1-3,5,9H,4,6-7H2,(H,15,16)/t9-/m0/s1. The van der Waals surface area contributed by atoms with Crippen LogP contribution in [0.3, 0.4) is 0 Å². The van der Waals surface area contributed by atoms with Crippen molar-refractivity contribution in [2.75, 3.05) is 6.54 Å². The third-order valence-electron chi connectivity index (χ3n) is 2.66. The van der Waals surface area contributed by atoms with Gasteiger partial charge in [-0.25, -0.2) is 0 Å². The van der Waals surface area contributed by atoms with Crippen molar-refractivity contribution in [3.63, 3.8) is 0 Å². The molecule has 84 valence electrons. The van der Waals surface area contributed by atoms with Crippen molar-refractivity contribution in [2.24, 2.45) is 5.92 Å². The van der Waals surface area contributed by atoms with Crippen LogP contribution in [-0.2, 0) is 16.1 Å². The van der Waals surface area contributed by atoms with Gasteiger partial charge in [0.05, 0.1) is 5.92 Å². The predicted molar refractivity (Wildman–Crippen MR) is 55.4 cm³/mol. The Morgan fingerprint density at radius 3 is 3.00 bits per heavy atom. The van der Waals surface area contributed by atoms with E-state index >= 15 is 0 Å². The number of hydrogen-bond donors (Lipinski definition) is 1. The lowest BCUT2D eigenvalue weighted by Gasteiger charge is -2.15. The van der Waals surface area contributed by atoms with Crippen LogP contribution in [0.2, 0.25) is 0 Å². The number of aromatic nitrogens is 1. The van der Waals surface area contributed by atoms with Gasteiger partial charge in [0.2, 0.25) is 5.91 Å². The van der Waals surface area contributed by atoms with E-state index in [2.05, 4.69) is 4.98 Å². The number of carbonyl (C=O) groups is 2. The molecule has 1 amide bonds. The quantitative estimate of drug-likeness (QED) is 0.805. The number of amides is 1. The summed E-state index contributed by atoms with van der Waals surface area (Å²) in [5.41, 5.74) is 0.918. The molecule has 1 N–H and O–H groups in total. The van der Waals surface area contributed by atoms with Crippen LogP contribution in [-0.4, -0.2) is 33.4 Å². The Morgan fingerprint density at radius 2 is 2.44 bits per heavy atom. The lowest BCUT2D eigenvalue weighted by Crippen LogP contribution is -2.25. The Balaban J connectivity index is 2.02. The molecule has 0 radical (unpaired) electrons. The number of hydrogen-bond acceptors (Lipinski definition) is 3. The van der Waals surface area contributed by atoms with Crippen molar-refractivity contribution in [2.45, 2.75) is 13.0 Å². The first-order valence-corrected chi connectivity index (χ1v) is 5.06. The highest BCUT2D eigenvalue weighted by atomic mass is 16.4. The zero-order chi connectivity index (χ0) is 11.5. The van der Waals surface area contributed by atoms with E-state index in [9.17, 15) is 9.59 Å². The highest BCUT2D eigenvalue weighted by molar-refractivity contribution is 5.86. The van der Waals surface area contributed by atoms with Crippen LogP contribution in [0.1, 0.15) is 12.0 Å². The molecule has 0 aromatic carbocycles. The van der Waals surface area contributed by atoms with Crippen LogP contribution in [0.4, 0.5) is 0 Å². The van der Waals surface area contributed by atoms with Crippen molar-refractivity contribution >= 4 is 11.9 Å². The molecule has 0 spiro atoms. The van der Waals surface area contributed by atoms with Gasteiger partial charge in [0.1, 0.15) is 0 Å². The second-order valence-corrected chi connectivity index (χ2v) is 3.87. The summed E-state index contributed by atoms with van der Waals surface area (Å²) in [6.07, 6.45) is 3.45. The Kier molecular flexibility index (Phi) is 2.85. The molecule has 1 fully saturated rings. The molecule has 0 unspecified atom stereocenters. The van der Waals surface area contributed by atoms with Crippen LogP contribution >= 0.6 is 0 Å². The Bertz CT molecular complexity index is 405. The monoisotopic (exact) mass is 220 g/mol. The minimum atomic E-state index is -0.901. The van der Waals surface area contributed by atoms with E-state index in [1.807, 2.05) is 6.07 Å². The fraction of sp³-hybridized carbons (Fsp3) is 0.364. The third kappa shape index (κ3) is 2.18. The van der Waals surface area contributed by atoms with Crippen LogP contribution in [0, 0.1) is 5.92 Å². The number of carbonyl (C=O) groups excluding carboxylic acids is 1. The summed E-state index contributed by atoms with van der Waals surface area (Å²) in [6.45, 7) is 0.736. The van der Waals surface area contributed by atoms with Crippen molar-refractivity contribution in [3.05, 3.63) is 30.1 Å². The lowest BCUT2D eigenvalue weighted by atomic mass is 10.1. The number of likely N-dealkylation sites (tertiary alicyclic amines) is 1. The molecule has 1 aliphatic rings. The highest BCUT2D eigenvalue weighted by Gasteiger charge is 2.33. The van der Waals surface area contributed by atoms with Crippen molar-refractivity contribution in [1.82, 2.24) is 9.88 Å². The predicted octanol–water partition coefficient (Wildman–Crippen LogP) is 0.515. The zero-order valence-electron chi connectivity index (χ0n) is 8.67. The number of rotatable bonds is 3. The molecule has 0 aliphatic carbocycles. The van der Waals surface area contributed by atoms with Gasteiger partial charge in [-0.2, -0.15) is 0 Å². The van der Waals surface area contributed by atoms with Gasteiger partial charge in [0.15, 0.2) is 0 Å². The second-order valence-electron chi connectivity index (χ2n) is 3.87. The van der Waals surface area contributed by atoms with Crippen molar-refractivity contribution < 1.29 is 14.7 Å². The first-order chi connectivity index (χ1) is 7.66. The second kappa shape index (κ2) is 4.30. The molecule has 1 aromatic heterocycles. The van der Waals surface area contributed by atoms with E-state index in [1.54, 1.807) is 23.4 Å². The first kappa shape index (κ1) is 10.6. The maximum absolute atomic E-state index is 11.5. The fourth-order valence-electron chi connectivity index (χ4n) is 1.80. The Hall–Kier alpha value is -1.91. The van der Waals surface area contributed by atoms with Crippen LogP contribution < -0.4 is 0 Å². The number of carboxylic acids is 1. The summed E-state index contributed by atoms with van der Waals surface area (Å²) in [4.78, 5) is 27.8. The molecule has 2 heterocycles. The van der Waals surface area contributed by atoms with Gasteiger partial charge in [-0.15, -0.1) is 0 Å². The number of carboxylic acid groups (broad SMARTS) is 1. The molecular weight excluding hydrogens is 208 g/mol. The van der Waals surface area contributed by atoms with Crippen LogP contribution in [0.15, 0.2) is 24.5 Å². The molecular formula is C11H12N2O3. The van der Waals surface area contributed by atoms with Crippen molar-refractivity contribution in [1.29, 1.82) is 0 Å². The minimum absolute atomic E-state index is 0.101. The van der Waals surface area contributed by atoms with E-state index in [0.717, 1.165) is 5.56 Å². The fourth-order valence-corrected chi connectivity index (χ4v) is 1.80. The van der Waals surface area contributed by atoms with Gasteiger partial charge < -0.3 is 10.0 Å². The molecule has 1 atom stereocenters. The van der Waals surface area contributed by atoms with E-state index in [-0.39, 0.29) is 12.3 Å². The molecule has 0 saturated carbocycles.